The van der Waals surface area contributed by atoms with Crippen LogP contribution in [0, 0.1) is 0 Å². The number of aromatic nitrogens is 4. The highest BCUT2D eigenvalue weighted by molar-refractivity contribution is 6.36. The largest absolute Gasteiger partial charge is 0.490 e. The van der Waals surface area contributed by atoms with Crippen LogP contribution in [0.4, 0.5) is 5.95 Å². The minimum Gasteiger partial charge on any atom is -0.490 e. The van der Waals surface area contributed by atoms with Gasteiger partial charge in [-0.05, 0) is 47.2 Å². The number of nitrogens with two attached hydrogens (primary N) is 1. The fraction of sp³-hybridized carbons (Fsp3) is 0.235. The van der Waals surface area contributed by atoms with Crippen LogP contribution >= 0.6 is 34.8 Å². The number of nitrogens with zero attached hydrogens (tertiary/aromatic N) is 4. The number of anilines is 1. The third-order valence-corrected chi connectivity index (χ3v) is 4.71. The number of hydrogen-bond acceptors (Lipinski definition) is 7. The molecule has 0 aliphatic carbocycles. The van der Waals surface area contributed by atoms with Crippen molar-refractivity contribution >= 4 is 40.8 Å². The van der Waals surface area contributed by atoms with E-state index in [1.165, 1.54) is 4.79 Å². The number of rotatable bonds is 8. The van der Waals surface area contributed by atoms with E-state index in [0.29, 0.717) is 45.3 Å². The van der Waals surface area contributed by atoms with Crippen molar-refractivity contribution in [2.24, 2.45) is 0 Å². The average molecular weight is 444 g/mol. The van der Waals surface area contributed by atoms with E-state index in [2.05, 4.69) is 21.0 Å². The van der Waals surface area contributed by atoms with E-state index < -0.39 is 0 Å². The van der Waals surface area contributed by atoms with Crippen molar-refractivity contribution < 1.29 is 9.47 Å². The molecule has 3 rings (SSSR count). The van der Waals surface area contributed by atoms with Crippen LogP contribution < -0.4 is 20.6 Å². The Morgan fingerprint density at radius 2 is 1.86 bits per heavy atom. The van der Waals surface area contributed by atoms with Crippen LogP contribution in [0.3, 0.4) is 0 Å². The number of ether oxygens (including phenoxy) is 2. The quantitative estimate of drug-likeness (QED) is 0.544. The zero-order valence-corrected chi connectivity index (χ0v) is 17.1. The zero-order chi connectivity index (χ0) is 20.1. The maximum absolute atomic E-state index is 6.44. The average Bonchev–Trinajstić information content (AvgIpc) is 3.06. The first kappa shape index (κ1) is 20.3. The van der Waals surface area contributed by atoms with Crippen LogP contribution in [-0.4, -0.2) is 26.9 Å². The summed E-state index contributed by atoms with van der Waals surface area (Å²) < 4.78 is 11.6. The van der Waals surface area contributed by atoms with Crippen LogP contribution in [-0.2, 0) is 13.2 Å². The molecule has 0 fully saturated rings. The van der Waals surface area contributed by atoms with Gasteiger partial charge in [0.2, 0.25) is 0 Å². The lowest BCUT2D eigenvalue weighted by Gasteiger charge is -2.16. The van der Waals surface area contributed by atoms with Gasteiger partial charge in [0.25, 0.3) is 5.95 Å². The molecule has 0 atom stereocenters. The van der Waals surface area contributed by atoms with Crippen molar-refractivity contribution in [3.63, 3.8) is 0 Å². The van der Waals surface area contributed by atoms with Gasteiger partial charge >= 0.3 is 0 Å². The lowest BCUT2D eigenvalue weighted by molar-refractivity contribution is 0.269. The Kier molecular flexibility index (Phi) is 6.66. The Bertz CT molecular complexity index is 946. The van der Waals surface area contributed by atoms with E-state index in [1.807, 2.05) is 13.0 Å². The molecule has 3 aromatic rings. The Balaban J connectivity index is 1.79. The highest BCUT2D eigenvalue weighted by Crippen LogP contribution is 2.38. The molecule has 0 saturated carbocycles. The summed E-state index contributed by atoms with van der Waals surface area (Å²) in [7, 11) is 0. The van der Waals surface area contributed by atoms with Gasteiger partial charge in [-0.3, -0.25) is 0 Å². The minimum absolute atomic E-state index is 0.146. The molecule has 11 heteroatoms. The summed E-state index contributed by atoms with van der Waals surface area (Å²) in [5, 5.41) is 12.2. The maximum atomic E-state index is 6.44. The van der Waals surface area contributed by atoms with Gasteiger partial charge in [-0.15, -0.1) is 4.79 Å². The normalized spacial score (nSPS) is 10.7. The van der Waals surface area contributed by atoms with Crippen molar-refractivity contribution in [1.29, 1.82) is 0 Å². The molecule has 0 spiro atoms. The van der Waals surface area contributed by atoms with Crippen molar-refractivity contribution in [2.45, 2.75) is 20.1 Å². The van der Waals surface area contributed by atoms with Gasteiger partial charge in [0.1, 0.15) is 6.61 Å². The van der Waals surface area contributed by atoms with Gasteiger partial charge < -0.3 is 20.6 Å². The zero-order valence-electron chi connectivity index (χ0n) is 14.8. The molecule has 0 unspecified atom stereocenters. The van der Waals surface area contributed by atoms with E-state index in [9.17, 15) is 0 Å². The Morgan fingerprint density at radius 3 is 2.50 bits per heavy atom. The molecule has 0 aliphatic rings. The summed E-state index contributed by atoms with van der Waals surface area (Å²) in [6, 6.07) is 8.83. The number of hydrogen-bond donors (Lipinski definition) is 2. The first-order valence-corrected chi connectivity index (χ1v) is 9.41. The lowest BCUT2D eigenvalue weighted by Crippen LogP contribution is -2.18. The third-order valence-electron chi connectivity index (χ3n) is 3.72. The molecule has 0 saturated heterocycles. The Hall–Kier alpha value is -2.42. The van der Waals surface area contributed by atoms with Crippen LogP contribution in [0.25, 0.3) is 0 Å². The number of halogens is 3. The second-order valence-electron chi connectivity index (χ2n) is 5.61. The highest BCUT2D eigenvalue weighted by atomic mass is 35.5. The maximum Gasteiger partial charge on any atom is 0.260 e. The van der Waals surface area contributed by atoms with Gasteiger partial charge in [-0.1, -0.05) is 46.0 Å². The Labute approximate surface area is 176 Å². The Morgan fingerprint density at radius 1 is 1.11 bits per heavy atom. The van der Waals surface area contributed by atoms with Crippen molar-refractivity contribution in [3.05, 3.63) is 56.5 Å². The van der Waals surface area contributed by atoms with Gasteiger partial charge in [0.05, 0.1) is 18.2 Å². The molecule has 1 aromatic heterocycles. The second kappa shape index (κ2) is 9.18. The monoisotopic (exact) mass is 442 g/mol. The van der Waals surface area contributed by atoms with Crippen LogP contribution in [0.15, 0.2) is 30.3 Å². The van der Waals surface area contributed by atoms with Crippen molar-refractivity contribution in [1.82, 2.24) is 20.3 Å². The molecular weight excluding hydrogens is 427 g/mol. The second-order valence-corrected chi connectivity index (χ2v) is 6.83. The molecule has 1 heterocycles. The SMILES string of the molecule is CCOc1cc(CNn2nnnc2N)cc(Cl)c1OCc1c(Cl)cccc1Cl. The van der Waals surface area contributed by atoms with E-state index >= 15 is 0 Å². The van der Waals surface area contributed by atoms with E-state index in [1.54, 1.807) is 24.3 Å². The number of nitrogens with one attached hydrogen (secondary N) is 1. The number of nitrogen functional groups attached to an aromatic ring is 1. The molecule has 0 radical (unpaired) electrons. The molecule has 148 valence electrons. The van der Waals surface area contributed by atoms with Crippen LogP contribution in [0.5, 0.6) is 11.5 Å². The first-order chi connectivity index (χ1) is 13.5. The molecule has 8 nitrogen and oxygen atoms in total. The summed E-state index contributed by atoms with van der Waals surface area (Å²) in [4.78, 5) is 1.26. The van der Waals surface area contributed by atoms with Crippen LogP contribution in [0.1, 0.15) is 18.1 Å². The van der Waals surface area contributed by atoms with E-state index in [-0.39, 0.29) is 12.6 Å². The summed E-state index contributed by atoms with van der Waals surface area (Å²) >= 11 is 18.8. The predicted octanol–water partition coefficient (Wildman–Crippen LogP) is 3.94. The van der Waals surface area contributed by atoms with Crippen molar-refractivity contribution in [3.8, 4) is 11.5 Å². The fourth-order valence-corrected chi connectivity index (χ4v) is 3.21. The first-order valence-electron chi connectivity index (χ1n) is 8.28. The van der Waals surface area contributed by atoms with Crippen LogP contribution in [0.2, 0.25) is 15.1 Å². The van der Waals surface area contributed by atoms with Gasteiger partial charge in [-0.2, -0.15) is 0 Å². The summed E-state index contributed by atoms with van der Waals surface area (Å²) in [6.45, 7) is 2.83. The standard InChI is InChI=1S/C17H17Cl3N6O2/c1-2-27-15-7-10(8-22-26-17(21)23-24-25-26)6-14(20)16(15)28-9-11-12(18)4-3-5-13(11)19/h3-7,22H,2,8-9H2,1H3,(H2,21,23,25). The molecule has 0 aliphatic heterocycles. The van der Waals surface area contributed by atoms with Gasteiger partial charge in [0, 0.05) is 15.6 Å². The summed E-state index contributed by atoms with van der Waals surface area (Å²) in [5.41, 5.74) is 10.1. The molecule has 3 N–H and O–H groups in total. The minimum atomic E-state index is 0.146. The predicted molar refractivity (Wildman–Crippen MR) is 109 cm³/mol. The molecule has 2 aromatic carbocycles. The van der Waals surface area contributed by atoms with Gasteiger partial charge in [0.15, 0.2) is 11.5 Å². The number of benzene rings is 2. The van der Waals surface area contributed by atoms with Crippen molar-refractivity contribution in [2.75, 3.05) is 17.8 Å². The molecule has 0 bridgehead atoms. The van der Waals surface area contributed by atoms with E-state index in [4.69, 9.17) is 50.0 Å². The smallest absolute Gasteiger partial charge is 0.260 e. The molecule has 28 heavy (non-hydrogen) atoms. The summed E-state index contributed by atoms with van der Waals surface area (Å²) in [5.74, 6) is 1.05. The molecule has 0 amide bonds. The lowest BCUT2D eigenvalue weighted by atomic mass is 10.2. The van der Waals surface area contributed by atoms with Gasteiger partial charge in [-0.25, -0.2) is 0 Å². The highest BCUT2D eigenvalue weighted by Gasteiger charge is 2.15. The molecular formula is C17H17Cl3N6O2. The summed E-state index contributed by atoms with van der Waals surface area (Å²) in [6.07, 6.45) is 0. The number of tetrazole rings is 1. The topological polar surface area (TPSA) is 100 Å². The third kappa shape index (κ3) is 4.70. The fourth-order valence-electron chi connectivity index (χ4n) is 2.41. The van der Waals surface area contributed by atoms with E-state index in [0.717, 1.165) is 5.56 Å².